The topological polar surface area (TPSA) is 21.1 Å². The third kappa shape index (κ3) is 6.37. The first-order valence-electron chi connectivity index (χ1n) is 20.0. The molecule has 0 atom stereocenters. The average molecular weight is 772 g/mol. The summed E-state index contributed by atoms with van der Waals surface area (Å²) in [6, 6.07) is 80.4. The smallest absolute Gasteiger partial charge is 0.145 e. The molecule has 0 fully saturated rings. The van der Waals surface area contributed by atoms with E-state index in [0.29, 0.717) is 0 Å². The van der Waals surface area contributed by atoms with Gasteiger partial charge in [-0.05, 0) is 94.5 Å². The molecule has 11 aromatic rings. The van der Waals surface area contributed by atoms with Crippen LogP contribution in [0.15, 0.2) is 224 Å². The molecule has 278 valence electrons. The maximum Gasteiger partial charge on any atom is 0.145 e. The molecule has 0 N–H and O–H groups in total. The summed E-state index contributed by atoms with van der Waals surface area (Å²) in [7, 11) is 0. The number of aromatic nitrogens is 2. The van der Waals surface area contributed by atoms with Crippen molar-refractivity contribution in [2.75, 3.05) is 4.90 Å². The molecule has 0 saturated heterocycles. The number of benzene rings is 9. The quantitative estimate of drug-likeness (QED) is 0.153. The second kappa shape index (κ2) is 14.8. The van der Waals surface area contributed by atoms with Gasteiger partial charge in [0.1, 0.15) is 5.82 Å². The first kappa shape index (κ1) is 34.7. The Morgan fingerprint density at radius 3 is 1.64 bits per heavy atom. The van der Waals surface area contributed by atoms with Gasteiger partial charge in [0.25, 0.3) is 0 Å². The Morgan fingerprint density at radius 2 is 0.915 bits per heavy atom. The molecule has 0 unspecified atom stereocenters. The van der Waals surface area contributed by atoms with Gasteiger partial charge >= 0.3 is 0 Å². The standard InChI is InChI=1S/C55H37N3S/c1-4-14-38(15-5-1)39-26-30-45(31-27-39)57(47-34-35-50-49-22-10-11-25-52(49)59-53(50)37-47)46-32-28-40(29-33-46)42-18-12-19-43(36-42)48-23-13-24-51-54(48)58(44-20-8-3-9-21-44)55(56-51)41-16-6-2-7-17-41/h1-37H. The predicted octanol–water partition coefficient (Wildman–Crippen LogP) is 15.5. The predicted molar refractivity (Wildman–Crippen MR) is 250 cm³/mol. The summed E-state index contributed by atoms with van der Waals surface area (Å²) in [5, 5.41) is 2.60. The van der Waals surface area contributed by atoms with E-state index in [0.717, 1.165) is 67.4 Å². The third-order valence-electron chi connectivity index (χ3n) is 11.2. The normalized spacial score (nSPS) is 11.4. The van der Waals surface area contributed by atoms with E-state index in [1.165, 1.54) is 31.3 Å². The lowest BCUT2D eigenvalue weighted by atomic mass is 9.97. The van der Waals surface area contributed by atoms with Crippen LogP contribution in [0.5, 0.6) is 0 Å². The van der Waals surface area contributed by atoms with Crippen LogP contribution in [0.4, 0.5) is 17.1 Å². The Bertz CT molecular complexity index is 3240. The molecule has 0 amide bonds. The molecule has 0 spiro atoms. The number of fused-ring (bicyclic) bond motifs is 4. The van der Waals surface area contributed by atoms with E-state index in [-0.39, 0.29) is 0 Å². The van der Waals surface area contributed by atoms with Crippen LogP contribution in [0.1, 0.15) is 0 Å². The Balaban J connectivity index is 0.992. The highest BCUT2D eigenvalue weighted by molar-refractivity contribution is 7.25. The summed E-state index contributed by atoms with van der Waals surface area (Å²) in [4.78, 5) is 7.58. The van der Waals surface area contributed by atoms with Gasteiger partial charge in [-0.25, -0.2) is 4.98 Å². The van der Waals surface area contributed by atoms with Crippen LogP contribution in [0.2, 0.25) is 0 Å². The van der Waals surface area contributed by atoms with Crippen LogP contribution >= 0.6 is 11.3 Å². The van der Waals surface area contributed by atoms with Gasteiger partial charge < -0.3 is 4.90 Å². The molecule has 3 nitrogen and oxygen atoms in total. The van der Waals surface area contributed by atoms with E-state index in [9.17, 15) is 0 Å². The Morgan fingerprint density at radius 1 is 0.373 bits per heavy atom. The van der Waals surface area contributed by atoms with Gasteiger partial charge in [0.2, 0.25) is 0 Å². The number of hydrogen-bond donors (Lipinski definition) is 0. The highest BCUT2D eigenvalue weighted by Gasteiger charge is 2.19. The minimum Gasteiger partial charge on any atom is -0.310 e. The van der Waals surface area contributed by atoms with Gasteiger partial charge in [-0.1, -0.05) is 158 Å². The van der Waals surface area contributed by atoms with E-state index in [4.69, 9.17) is 4.98 Å². The first-order chi connectivity index (χ1) is 29.2. The van der Waals surface area contributed by atoms with Crippen LogP contribution in [-0.2, 0) is 0 Å². The molecule has 59 heavy (non-hydrogen) atoms. The van der Waals surface area contributed by atoms with Crippen molar-refractivity contribution < 1.29 is 0 Å². The van der Waals surface area contributed by atoms with E-state index < -0.39 is 0 Å². The molecule has 0 bridgehead atoms. The maximum absolute atomic E-state index is 5.21. The largest absolute Gasteiger partial charge is 0.310 e. The highest BCUT2D eigenvalue weighted by atomic mass is 32.1. The molecule has 0 aliphatic rings. The average Bonchev–Trinajstić information content (AvgIpc) is 3.89. The number of para-hydroxylation sites is 2. The zero-order chi connectivity index (χ0) is 39.1. The number of hydrogen-bond acceptors (Lipinski definition) is 3. The van der Waals surface area contributed by atoms with Gasteiger partial charge in [-0.2, -0.15) is 0 Å². The summed E-state index contributed by atoms with van der Waals surface area (Å²) in [6.45, 7) is 0. The van der Waals surface area contributed by atoms with Crippen molar-refractivity contribution in [1.82, 2.24) is 9.55 Å². The van der Waals surface area contributed by atoms with Crippen molar-refractivity contribution >= 4 is 59.6 Å². The molecule has 0 aliphatic carbocycles. The fourth-order valence-electron chi connectivity index (χ4n) is 8.37. The van der Waals surface area contributed by atoms with E-state index in [1.807, 2.05) is 11.3 Å². The Hall–Kier alpha value is -7.53. The van der Waals surface area contributed by atoms with Gasteiger partial charge in [0.15, 0.2) is 0 Å². The first-order valence-corrected chi connectivity index (χ1v) is 20.8. The molecule has 0 saturated carbocycles. The summed E-state index contributed by atoms with van der Waals surface area (Å²) in [5.41, 5.74) is 14.6. The third-order valence-corrected chi connectivity index (χ3v) is 12.3. The fourth-order valence-corrected chi connectivity index (χ4v) is 9.51. The van der Waals surface area contributed by atoms with E-state index in [1.54, 1.807) is 0 Å². The molecular weight excluding hydrogens is 735 g/mol. The van der Waals surface area contributed by atoms with Crippen molar-refractivity contribution in [2.45, 2.75) is 0 Å². The van der Waals surface area contributed by atoms with Crippen LogP contribution in [-0.4, -0.2) is 9.55 Å². The number of imidazole rings is 1. The summed E-state index contributed by atoms with van der Waals surface area (Å²) in [6.07, 6.45) is 0. The van der Waals surface area contributed by atoms with E-state index >= 15 is 0 Å². The zero-order valence-electron chi connectivity index (χ0n) is 32.1. The van der Waals surface area contributed by atoms with Gasteiger partial charge in [0.05, 0.1) is 11.0 Å². The van der Waals surface area contributed by atoms with Crippen molar-refractivity contribution in [1.29, 1.82) is 0 Å². The molecule has 4 heteroatoms. The van der Waals surface area contributed by atoms with Gasteiger partial charge in [0, 0.05) is 54.0 Å². The molecule has 2 aromatic heterocycles. The number of thiophene rings is 1. The maximum atomic E-state index is 5.21. The van der Waals surface area contributed by atoms with Crippen LogP contribution in [0.25, 0.3) is 81.7 Å². The summed E-state index contributed by atoms with van der Waals surface area (Å²) >= 11 is 1.85. The lowest BCUT2D eigenvalue weighted by molar-refractivity contribution is 1.10. The van der Waals surface area contributed by atoms with Crippen molar-refractivity contribution in [3.63, 3.8) is 0 Å². The van der Waals surface area contributed by atoms with Crippen LogP contribution in [0, 0.1) is 0 Å². The minimum absolute atomic E-state index is 0.928. The fraction of sp³-hybridized carbons (Fsp3) is 0. The number of rotatable bonds is 8. The van der Waals surface area contributed by atoms with Crippen LogP contribution < -0.4 is 4.90 Å². The summed E-state index contributed by atoms with van der Waals surface area (Å²) < 4.78 is 4.89. The lowest BCUT2D eigenvalue weighted by Crippen LogP contribution is -2.09. The molecule has 2 heterocycles. The SMILES string of the molecule is c1ccc(-c2ccc(N(c3ccc(-c4cccc(-c5cccc6nc(-c7ccccc7)n(-c7ccccc7)c56)c4)cc3)c3ccc4c(c3)sc3ccccc34)cc2)cc1. The Kier molecular flexibility index (Phi) is 8.68. The zero-order valence-corrected chi connectivity index (χ0v) is 32.9. The van der Waals surface area contributed by atoms with Crippen molar-refractivity contribution in [2.24, 2.45) is 0 Å². The second-order valence-corrected chi connectivity index (χ2v) is 15.9. The van der Waals surface area contributed by atoms with Gasteiger partial charge in [-0.15, -0.1) is 11.3 Å². The minimum atomic E-state index is 0.928. The Labute approximate surface area is 347 Å². The number of nitrogens with zero attached hydrogens (tertiary/aromatic N) is 3. The van der Waals surface area contributed by atoms with Crippen molar-refractivity contribution in [3.8, 4) is 50.5 Å². The second-order valence-electron chi connectivity index (χ2n) is 14.8. The lowest BCUT2D eigenvalue weighted by Gasteiger charge is -2.26. The monoisotopic (exact) mass is 771 g/mol. The summed E-state index contributed by atoms with van der Waals surface area (Å²) in [5.74, 6) is 0.928. The van der Waals surface area contributed by atoms with Crippen molar-refractivity contribution in [3.05, 3.63) is 224 Å². The molecule has 9 aromatic carbocycles. The number of anilines is 3. The van der Waals surface area contributed by atoms with E-state index in [2.05, 4.69) is 234 Å². The molecule has 0 aliphatic heterocycles. The molecule has 0 radical (unpaired) electrons. The highest BCUT2D eigenvalue weighted by Crippen LogP contribution is 2.42. The molecular formula is C55H37N3S. The van der Waals surface area contributed by atoms with Crippen LogP contribution in [0.3, 0.4) is 0 Å². The van der Waals surface area contributed by atoms with Gasteiger partial charge in [-0.3, -0.25) is 4.57 Å². The molecule has 11 rings (SSSR count).